The number of nitrogens with one attached hydrogen (secondary N) is 1. The zero-order valence-corrected chi connectivity index (χ0v) is 23.6. The zero-order valence-electron chi connectivity index (χ0n) is 20.5. The Morgan fingerprint density at radius 2 is 1.32 bits per heavy atom. The van der Waals surface area contributed by atoms with Gasteiger partial charge in [0, 0.05) is 27.2 Å². The third-order valence-electron chi connectivity index (χ3n) is 5.51. The zero-order chi connectivity index (χ0) is 27.4. The van der Waals surface area contributed by atoms with Crippen molar-refractivity contribution >= 4 is 49.2 Å². The minimum atomic E-state index is -4.02. The van der Waals surface area contributed by atoms with Crippen LogP contribution >= 0.6 is 23.2 Å². The molecule has 0 bridgehead atoms. The number of rotatable bonds is 10. The van der Waals surface area contributed by atoms with Gasteiger partial charge >= 0.3 is 0 Å². The second kappa shape index (κ2) is 11.9. The standard InChI is InChI=1S/C25H27Cl2N3O5S2/c1-18-4-9-22(10-5-18)37(34,35)30(16-20-8-13-23(26)24(27)14-20)17-25(31)28-15-19-6-11-21(12-7-19)36(32,33)29(2)3/h4-14H,15-17H2,1-3H3,(H,28,31). The lowest BCUT2D eigenvalue weighted by molar-refractivity contribution is -0.121. The summed E-state index contributed by atoms with van der Waals surface area (Å²) in [5.41, 5.74) is 2.12. The smallest absolute Gasteiger partial charge is 0.243 e. The maximum atomic E-state index is 13.4. The van der Waals surface area contributed by atoms with Gasteiger partial charge in [-0.1, -0.05) is 59.1 Å². The van der Waals surface area contributed by atoms with Crippen LogP contribution in [-0.4, -0.2) is 52.0 Å². The van der Waals surface area contributed by atoms with Gasteiger partial charge in [-0.15, -0.1) is 0 Å². The van der Waals surface area contributed by atoms with Crippen molar-refractivity contribution in [3.05, 3.63) is 93.5 Å². The van der Waals surface area contributed by atoms with Crippen LogP contribution in [0.25, 0.3) is 0 Å². The van der Waals surface area contributed by atoms with Gasteiger partial charge in [-0.2, -0.15) is 4.31 Å². The van der Waals surface area contributed by atoms with E-state index in [1.165, 1.54) is 38.4 Å². The molecule has 0 spiro atoms. The fraction of sp³-hybridized carbons (Fsp3) is 0.240. The fourth-order valence-electron chi connectivity index (χ4n) is 3.33. The average molecular weight is 585 g/mol. The number of halogens is 2. The summed E-state index contributed by atoms with van der Waals surface area (Å²) in [4.78, 5) is 13.0. The highest BCUT2D eigenvalue weighted by Crippen LogP contribution is 2.25. The van der Waals surface area contributed by atoms with E-state index < -0.39 is 32.5 Å². The van der Waals surface area contributed by atoms with Crippen LogP contribution in [0, 0.1) is 6.92 Å². The molecular weight excluding hydrogens is 557 g/mol. The highest BCUT2D eigenvalue weighted by atomic mass is 35.5. The van der Waals surface area contributed by atoms with Crippen LogP contribution in [0.5, 0.6) is 0 Å². The second-order valence-electron chi connectivity index (χ2n) is 8.54. The third kappa shape index (κ3) is 7.31. The van der Waals surface area contributed by atoms with Crippen molar-refractivity contribution in [1.29, 1.82) is 0 Å². The molecule has 12 heteroatoms. The van der Waals surface area contributed by atoms with Gasteiger partial charge in [0.1, 0.15) is 0 Å². The topological polar surface area (TPSA) is 104 Å². The van der Waals surface area contributed by atoms with Gasteiger partial charge in [0.25, 0.3) is 0 Å². The van der Waals surface area contributed by atoms with E-state index in [0.29, 0.717) is 16.1 Å². The molecule has 3 rings (SSSR count). The van der Waals surface area contributed by atoms with Crippen molar-refractivity contribution in [2.75, 3.05) is 20.6 Å². The summed E-state index contributed by atoms with van der Waals surface area (Å²) in [5.74, 6) is -0.527. The molecule has 0 unspecified atom stereocenters. The van der Waals surface area contributed by atoms with Crippen molar-refractivity contribution < 1.29 is 21.6 Å². The van der Waals surface area contributed by atoms with Crippen LogP contribution in [0.15, 0.2) is 76.5 Å². The molecule has 0 atom stereocenters. The predicted octanol–water partition coefficient (Wildman–Crippen LogP) is 4.06. The molecule has 1 amide bonds. The van der Waals surface area contributed by atoms with Gasteiger partial charge in [-0.25, -0.2) is 21.1 Å². The van der Waals surface area contributed by atoms with Crippen molar-refractivity contribution in [1.82, 2.24) is 13.9 Å². The Bertz CT molecular complexity index is 1480. The van der Waals surface area contributed by atoms with Crippen LogP contribution in [0.3, 0.4) is 0 Å². The number of nitrogens with zero attached hydrogens (tertiary/aromatic N) is 2. The van der Waals surface area contributed by atoms with Gasteiger partial charge < -0.3 is 5.32 Å². The largest absolute Gasteiger partial charge is 0.351 e. The van der Waals surface area contributed by atoms with E-state index in [0.717, 1.165) is 14.2 Å². The molecule has 3 aromatic carbocycles. The predicted molar refractivity (Wildman–Crippen MR) is 144 cm³/mol. The number of sulfonamides is 2. The normalized spacial score (nSPS) is 12.2. The summed E-state index contributed by atoms with van der Waals surface area (Å²) in [6.45, 7) is 1.40. The molecule has 0 aliphatic heterocycles. The fourth-order valence-corrected chi connectivity index (χ4v) is 5.94. The number of hydrogen-bond acceptors (Lipinski definition) is 5. The van der Waals surface area contributed by atoms with Crippen LogP contribution in [-0.2, 0) is 37.9 Å². The lowest BCUT2D eigenvalue weighted by Gasteiger charge is -2.22. The molecule has 0 aliphatic carbocycles. The lowest BCUT2D eigenvalue weighted by atomic mass is 10.2. The third-order valence-corrected chi connectivity index (χ3v) is 9.89. The van der Waals surface area contributed by atoms with Crippen LogP contribution in [0.4, 0.5) is 0 Å². The SMILES string of the molecule is Cc1ccc(S(=O)(=O)N(CC(=O)NCc2ccc(S(=O)(=O)N(C)C)cc2)Cc2ccc(Cl)c(Cl)c2)cc1. The van der Waals surface area contributed by atoms with Crippen molar-refractivity contribution in [3.8, 4) is 0 Å². The summed E-state index contributed by atoms with van der Waals surface area (Å²) in [6.07, 6.45) is 0. The first-order valence-corrected chi connectivity index (χ1v) is 14.7. The first-order chi connectivity index (χ1) is 17.3. The molecule has 0 saturated carbocycles. The van der Waals surface area contributed by atoms with Crippen molar-refractivity contribution in [3.63, 3.8) is 0 Å². The summed E-state index contributed by atoms with van der Waals surface area (Å²) >= 11 is 12.1. The number of amides is 1. The molecule has 37 heavy (non-hydrogen) atoms. The summed E-state index contributed by atoms with van der Waals surface area (Å²) in [6, 6.07) is 17.2. The monoisotopic (exact) mass is 583 g/mol. The van der Waals surface area contributed by atoms with Crippen molar-refractivity contribution in [2.45, 2.75) is 29.8 Å². The Labute approximate surface area is 227 Å². The molecule has 0 fully saturated rings. The minimum absolute atomic E-state index is 0.0589. The van der Waals surface area contributed by atoms with E-state index in [2.05, 4.69) is 5.32 Å². The summed E-state index contributed by atoms with van der Waals surface area (Å²) in [5, 5.41) is 3.31. The lowest BCUT2D eigenvalue weighted by Crippen LogP contribution is -2.40. The Balaban J connectivity index is 1.78. The van der Waals surface area contributed by atoms with Gasteiger partial charge in [-0.3, -0.25) is 4.79 Å². The van der Waals surface area contributed by atoms with E-state index >= 15 is 0 Å². The Morgan fingerprint density at radius 3 is 1.89 bits per heavy atom. The van der Waals surface area contributed by atoms with Gasteiger partial charge in [-0.05, 0) is 54.4 Å². The Kier molecular flexibility index (Phi) is 9.38. The average Bonchev–Trinajstić information content (AvgIpc) is 2.85. The number of hydrogen-bond donors (Lipinski definition) is 1. The number of aryl methyl sites for hydroxylation is 1. The second-order valence-corrected chi connectivity index (χ2v) is 13.4. The molecule has 8 nitrogen and oxygen atoms in total. The molecule has 1 N–H and O–H groups in total. The summed E-state index contributed by atoms with van der Waals surface area (Å²) < 4.78 is 53.5. The minimum Gasteiger partial charge on any atom is -0.351 e. The molecule has 0 saturated heterocycles. The van der Waals surface area contributed by atoms with E-state index in [1.54, 1.807) is 42.5 Å². The molecule has 3 aromatic rings. The number of benzene rings is 3. The van der Waals surface area contributed by atoms with Crippen LogP contribution in [0.2, 0.25) is 10.0 Å². The number of carbonyl (C=O) groups is 1. The maximum Gasteiger partial charge on any atom is 0.243 e. The van der Waals surface area contributed by atoms with E-state index in [9.17, 15) is 21.6 Å². The van der Waals surface area contributed by atoms with Gasteiger partial charge in [0.2, 0.25) is 26.0 Å². The van der Waals surface area contributed by atoms with Gasteiger partial charge in [0.05, 0.1) is 26.4 Å². The molecule has 198 valence electrons. The molecule has 0 radical (unpaired) electrons. The van der Waals surface area contributed by atoms with E-state index in [1.807, 2.05) is 6.92 Å². The van der Waals surface area contributed by atoms with E-state index in [4.69, 9.17) is 23.2 Å². The molecule has 0 aliphatic rings. The number of carbonyl (C=O) groups excluding carboxylic acids is 1. The highest BCUT2D eigenvalue weighted by molar-refractivity contribution is 7.89. The van der Waals surface area contributed by atoms with Crippen LogP contribution in [0.1, 0.15) is 16.7 Å². The Hall–Kier alpha value is -2.47. The first-order valence-electron chi connectivity index (χ1n) is 11.1. The first kappa shape index (κ1) is 29.1. The van der Waals surface area contributed by atoms with E-state index in [-0.39, 0.29) is 27.9 Å². The molecule has 0 aromatic heterocycles. The van der Waals surface area contributed by atoms with Crippen molar-refractivity contribution in [2.24, 2.45) is 0 Å². The summed E-state index contributed by atoms with van der Waals surface area (Å²) in [7, 11) is -4.70. The molecule has 0 heterocycles. The van der Waals surface area contributed by atoms with Crippen LogP contribution < -0.4 is 5.32 Å². The van der Waals surface area contributed by atoms with Gasteiger partial charge in [0.15, 0.2) is 0 Å². The molecular formula is C25H27Cl2N3O5S2. The Morgan fingerprint density at radius 1 is 0.784 bits per heavy atom. The maximum absolute atomic E-state index is 13.4. The quantitative estimate of drug-likeness (QED) is 0.387. The highest BCUT2D eigenvalue weighted by Gasteiger charge is 2.27.